The van der Waals surface area contributed by atoms with Gasteiger partial charge in [0.1, 0.15) is 12.4 Å². The molecular weight excluding hydrogens is 262 g/mol. The van der Waals surface area contributed by atoms with Gasteiger partial charge in [-0.1, -0.05) is 17.7 Å². The van der Waals surface area contributed by atoms with Crippen LogP contribution in [0, 0.1) is 6.92 Å². The predicted octanol–water partition coefficient (Wildman–Crippen LogP) is 3.68. The van der Waals surface area contributed by atoms with Crippen molar-refractivity contribution in [3.8, 4) is 5.75 Å². The van der Waals surface area contributed by atoms with E-state index in [0.29, 0.717) is 22.9 Å². The highest BCUT2D eigenvalue weighted by molar-refractivity contribution is 6.30. The van der Waals surface area contributed by atoms with Crippen LogP contribution in [0.5, 0.6) is 5.75 Å². The maximum atomic E-state index is 9.72. The molecule has 3 nitrogen and oxygen atoms in total. The van der Waals surface area contributed by atoms with Crippen LogP contribution in [0.1, 0.15) is 30.0 Å². The number of pyridine rings is 1. The summed E-state index contributed by atoms with van der Waals surface area (Å²) in [7, 11) is 0. The van der Waals surface area contributed by atoms with Crippen molar-refractivity contribution < 1.29 is 9.84 Å². The number of halogens is 1. The Labute approximate surface area is 117 Å². The summed E-state index contributed by atoms with van der Waals surface area (Å²) >= 11 is 5.92. The summed E-state index contributed by atoms with van der Waals surface area (Å²) in [6.07, 6.45) is -0.626. The van der Waals surface area contributed by atoms with Gasteiger partial charge in [0.05, 0.1) is 11.8 Å². The molecule has 0 amide bonds. The van der Waals surface area contributed by atoms with Crippen LogP contribution in [0.4, 0.5) is 0 Å². The summed E-state index contributed by atoms with van der Waals surface area (Å²) in [6.45, 7) is 3.99. The van der Waals surface area contributed by atoms with Gasteiger partial charge in [0, 0.05) is 16.3 Å². The average Bonchev–Trinajstić information content (AvgIpc) is 2.37. The third-order valence-corrected chi connectivity index (χ3v) is 2.98. The molecule has 1 aromatic carbocycles. The van der Waals surface area contributed by atoms with Gasteiger partial charge in [-0.2, -0.15) is 0 Å². The lowest BCUT2D eigenvalue weighted by molar-refractivity contribution is 0.190. The number of ether oxygens (including phenoxy) is 1. The van der Waals surface area contributed by atoms with E-state index in [1.54, 1.807) is 25.1 Å². The van der Waals surface area contributed by atoms with Gasteiger partial charge in [0.2, 0.25) is 0 Å². The molecule has 19 heavy (non-hydrogen) atoms. The van der Waals surface area contributed by atoms with Crippen molar-refractivity contribution in [1.29, 1.82) is 0 Å². The zero-order chi connectivity index (χ0) is 13.8. The van der Waals surface area contributed by atoms with E-state index in [0.717, 1.165) is 11.4 Å². The van der Waals surface area contributed by atoms with Crippen molar-refractivity contribution in [2.24, 2.45) is 0 Å². The molecule has 0 unspecified atom stereocenters. The third-order valence-electron chi connectivity index (χ3n) is 2.74. The lowest BCUT2D eigenvalue weighted by Gasteiger charge is -2.13. The molecular formula is C15H16ClNO2. The van der Waals surface area contributed by atoms with E-state index in [4.69, 9.17) is 16.3 Å². The highest BCUT2D eigenvalue weighted by Gasteiger charge is 2.10. The molecule has 2 aromatic rings. The smallest absolute Gasteiger partial charge is 0.130 e. The lowest BCUT2D eigenvalue weighted by Crippen LogP contribution is -2.02. The van der Waals surface area contributed by atoms with Gasteiger partial charge in [0.15, 0.2) is 0 Å². The normalized spacial score (nSPS) is 12.2. The largest absolute Gasteiger partial charge is 0.487 e. The van der Waals surface area contributed by atoms with Crippen LogP contribution < -0.4 is 4.74 Å². The molecule has 100 valence electrons. The standard InChI is InChI=1S/C15H16ClNO2/c1-10-4-3-5-13(17-10)9-19-15-7-6-12(16)8-14(15)11(2)18/h3-8,11,18H,9H2,1-2H3/t11-/m1/s1. The van der Waals surface area contributed by atoms with Crippen molar-refractivity contribution in [3.63, 3.8) is 0 Å². The highest BCUT2D eigenvalue weighted by Crippen LogP contribution is 2.28. The number of rotatable bonds is 4. The second-order valence-electron chi connectivity index (χ2n) is 4.42. The van der Waals surface area contributed by atoms with Gasteiger partial charge in [0.25, 0.3) is 0 Å². The van der Waals surface area contributed by atoms with Crippen LogP contribution in [0.2, 0.25) is 5.02 Å². The van der Waals surface area contributed by atoms with Gasteiger partial charge in [-0.25, -0.2) is 0 Å². The Morgan fingerprint density at radius 1 is 1.32 bits per heavy atom. The fraction of sp³-hybridized carbons (Fsp3) is 0.267. The fourth-order valence-electron chi connectivity index (χ4n) is 1.81. The third kappa shape index (κ3) is 3.69. The molecule has 0 fully saturated rings. The van der Waals surface area contributed by atoms with Gasteiger partial charge in [-0.15, -0.1) is 0 Å². The molecule has 0 aliphatic carbocycles. The molecule has 2 rings (SSSR count). The minimum Gasteiger partial charge on any atom is -0.487 e. The first-order chi connectivity index (χ1) is 9.06. The summed E-state index contributed by atoms with van der Waals surface area (Å²) in [5.74, 6) is 0.628. The van der Waals surface area contributed by atoms with Crippen molar-refractivity contribution in [1.82, 2.24) is 4.98 Å². The first kappa shape index (κ1) is 13.8. The molecule has 0 aliphatic rings. The molecule has 0 bridgehead atoms. The van der Waals surface area contributed by atoms with E-state index in [9.17, 15) is 5.11 Å². The van der Waals surface area contributed by atoms with E-state index < -0.39 is 6.10 Å². The SMILES string of the molecule is Cc1cccc(COc2ccc(Cl)cc2[C@@H](C)O)n1. The number of nitrogens with zero attached hydrogens (tertiary/aromatic N) is 1. The molecule has 0 aliphatic heterocycles. The van der Waals surface area contributed by atoms with Crippen LogP contribution in [0.3, 0.4) is 0 Å². The van der Waals surface area contributed by atoms with E-state index in [-0.39, 0.29) is 0 Å². The van der Waals surface area contributed by atoms with E-state index >= 15 is 0 Å². The molecule has 0 spiro atoms. The summed E-state index contributed by atoms with van der Waals surface area (Å²) in [6, 6.07) is 11.0. The first-order valence-corrected chi connectivity index (χ1v) is 6.47. The van der Waals surface area contributed by atoms with E-state index in [1.807, 2.05) is 25.1 Å². The van der Waals surface area contributed by atoms with Gasteiger partial charge in [-0.05, 0) is 44.2 Å². The molecule has 1 aromatic heterocycles. The molecule has 1 heterocycles. The lowest BCUT2D eigenvalue weighted by atomic mass is 10.1. The number of hydrogen-bond acceptors (Lipinski definition) is 3. The summed E-state index contributed by atoms with van der Waals surface area (Å²) < 4.78 is 5.71. The van der Waals surface area contributed by atoms with Crippen LogP contribution >= 0.6 is 11.6 Å². The Kier molecular flexibility index (Phi) is 4.40. The minimum atomic E-state index is -0.626. The zero-order valence-corrected chi connectivity index (χ0v) is 11.7. The first-order valence-electron chi connectivity index (χ1n) is 6.09. The Morgan fingerprint density at radius 3 is 2.79 bits per heavy atom. The van der Waals surface area contributed by atoms with Gasteiger partial charge < -0.3 is 9.84 Å². The Balaban J connectivity index is 2.15. The number of benzene rings is 1. The van der Waals surface area contributed by atoms with Gasteiger partial charge in [-0.3, -0.25) is 4.98 Å². The van der Waals surface area contributed by atoms with E-state index in [1.165, 1.54) is 0 Å². The van der Waals surface area contributed by atoms with Crippen molar-refractivity contribution in [2.45, 2.75) is 26.6 Å². The second kappa shape index (κ2) is 6.04. The molecule has 1 N–H and O–H groups in total. The number of aliphatic hydroxyl groups is 1. The second-order valence-corrected chi connectivity index (χ2v) is 4.85. The van der Waals surface area contributed by atoms with Gasteiger partial charge >= 0.3 is 0 Å². The Morgan fingerprint density at radius 2 is 2.11 bits per heavy atom. The van der Waals surface area contributed by atoms with E-state index in [2.05, 4.69) is 4.98 Å². The molecule has 1 atom stereocenters. The molecule has 0 radical (unpaired) electrons. The highest BCUT2D eigenvalue weighted by atomic mass is 35.5. The zero-order valence-electron chi connectivity index (χ0n) is 10.9. The maximum absolute atomic E-state index is 9.72. The summed E-state index contributed by atoms with van der Waals surface area (Å²) in [5, 5.41) is 10.3. The van der Waals surface area contributed by atoms with Crippen molar-refractivity contribution in [2.75, 3.05) is 0 Å². The van der Waals surface area contributed by atoms with Crippen molar-refractivity contribution in [3.05, 3.63) is 58.4 Å². The fourth-order valence-corrected chi connectivity index (χ4v) is 1.99. The Hall–Kier alpha value is -1.58. The summed E-state index contributed by atoms with van der Waals surface area (Å²) in [5.41, 5.74) is 2.49. The average molecular weight is 278 g/mol. The topological polar surface area (TPSA) is 42.4 Å². The van der Waals surface area contributed by atoms with Crippen LogP contribution in [0.25, 0.3) is 0 Å². The van der Waals surface area contributed by atoms with Crippen LogP contribution in [-0.4, -0.2) is 10.1 Å². The number of aliphatic hydroxyl groups excluding tert-OH is 1. The molecule has 0 saturated carbocycles. The Bertz CT molecular complexity index is 570. The number of hydrogen-bond donors (Lipinski definition) is 1. The number of aryl methyl sites for hydroxylation is 1. The quantitative estimate of drug-likeness (QED) is 0.927. The summed E-state index contributed by atoms with van der Waals surface area (Å²) in [4.78, 5) is 4.37. The molecule has 4 heteroatoms. The maximum Gasteiger partial charge on any atom is 0.130 e. The predicted molar refractivity (Wildman–Crippen MR) is 75.4 cm³/mol. The number of aromatic nitrogens is 1. The van der Waals surface area contributed by atoms with Crippen LogP contribution in [0.15, 0.2) is 36.4 Å². The molecule has 0 saturated heterocycles. The van der Waals surface area contributed by atoms with Crippen LogP contribution in [-0.2, 0) is 6.61 Å². The van der Waals surface area contributed by atoms with Crippen molar-refractivity contribution >= 4 is 11.6 Å². The minimum absolute atomic E-state index is 0.364. The monoisotopic (exact) mass is 277 g/mol.